The first-order chi connectivity index (χ1) is 7.18. The Kier molecular flexibility index (Phi) is 5.82. The van der Waals surface area contributed by atoms with Crippen molar-refractivity contribution in [1.82, 2.24) is 10.2 Å². The highest BCUT2D eigenvalue weighted by Crippen LogP contribution is 2.10. The van der Waals surface area contributed by atoms with E-state index in [0.717, 1.165) is 31.1 Å². The summed E-state index contributed by atoms with van der Waals surface area (Å²) < 4.78 is 6.14. The van der Waals surface area contributed by atoms with Crippen molar-refractivity contribution in [1.29, 1.82) is 0 Å². The Morgan fingerprint density at radius 3 is 2.93 bits per heavy atom. The van der Waals surface area contributed by atoms with Crippen LogP contribution in [0.15, 0.2) is 0 Å². The molecule has 86 valence electrons. The highest BCUT2D eigenvalue weighted by atomic mass is 32.1. The molecule has 0 fully saturated rings. The Hall–Kier alpha value is -0.460. The molecule has 0 spiro atoms. The Labute approximate surface area is 99.1 Å². The fraction of sp³-hybridized carbons (Fsp3) is 0.778. The highest BCUT2D eigenvalue weighted by Gasteiger charge is 1.96. The maximum atomic E-state index is 5.43. The standard InChI is InChI=1S/C9H17N3OS2/c1-7(2)13-6-4-3-5-10-8-11-12-9(14)15-8/h7H,3-6H2,1-2H3,(H,10,11)(H,12,14). The van der Waals surface area contributed by atoms with E-state index in [2.05, 4.69) is 29.4 Å². The number of nitrogens with zero attached hydrogens (tertiary/aromatic N) is 1. The molecule has 0 saturated heterocycles. The molecule has 0 atom stereocenters. The molecule has 0 unspecified atom stereocenters. The van der Waals surface area contributed by atoms with E-state index in [0.29, 0.717) is 10.1 Å². The molecule has 0 aliphatic carbocycles. The number of nitrogens with one attached hydrogen (secondary N) is 2. The number of aromatic nitrogens is 2. The molecule has 1 rings (SSSR count). The molecule has 0 radical (unpaired) electrons. The van der Waals surface area contributed by atoms with Crippen LogP contribution in [0.4, 0.5) is 5.13 Å². The summed E-state index contributed by atoms with van der Waals surface area (Å²) in [6.45, 7) is 5.84. The van der Waals surface area contributed by atoms with Crippen LogP contribution in [0.5, 0.6) is 0 Å². The summed E-state index contributed by atoms with van der Waals surface area (Å²) in [7, 11) is 0. The van der Waals surface area contributed by atoms with E-state index in [1.807, 2.05) is 0 Å². The second kappa shape index (κ2) is 6.92. The van der Waals surface area contributed by atoms with Gasteiger partial charge in [0.15, 0.2) is 3.95 Å². The van der Waals surface area contributed by atoms with Crippen molar-refractivity contribution in [2.24, 2.45) is 0 Å². The van der Waals surface area contributed by atoms with E-state index in [1.165, 1.54) is 11.3 Å². The first-order valence-electron chi connectivity index (χ1n) is 5.09. The van der Waals surface area contributed by atoms with Gasteiger partial charge in [-0.3, -0.25) is 5.10 Å². The molecular formula is C9H17N3OS2. The first-order valence-corrected chi connectivity index (χ1v) is 6.32. The molecule has 0 amide bonds. The maximum Gasteiger partial charge on any atom is 0.204 e. The van der Waals surface area contributed by atoms with E-state index in [4.69, 9.17) is 17.0 Å². The van der Waals surface area contributed by atoms with Crippen LogP contribution in [0, 0.1) is 3.95 Å². The maximum absolute atomic E-state index is 5.43. The molecule has 1 heterocycles. The highest BCUT2D eigenvalue weighted by molar-refractivity contribution is 7.73. The van der Waals surface area contributed by atoms with E-state index in [-0.39, 0.29) is 0 Å². The lowest BCUT2D eigenvalue weighted by Crippen LogP contribution is -2.06. The largest absolute Gasteiger partial charge is 0.379 e. The SMILES string of the molecule is CC(C)OCCCCNc1n[nH]c(=S)s1. The number of H-pyrrole nitrogens is 1. The van der Waals surface area contributed by atoms with Crippen LogP contribution in [-0.2, 0) is 4.74 Å². The van der Waals surface area contributed by atoms with Gasteiger partial charge >= 0.3 is 0 Å². The molecule has 0 aromatic carbocycles. The minimum atomic E-state index is 0.328. The summed E-state index contributed by atoms with van der Waals surface area (Å²) in [5, 5.41) is 10.8. The lowest BCUT2D eigenvalue weighted by molar-refractivity contribution is 0.0765. The summed E-state index contributed by atoms with van der Waals surface area (Å²) in [6, 6.07) is 0. The normalized spacial score (nSPS) is 10.9. The quantitative estimate of drug-likeness (QED) is 0.574. The van der Waals surface area contributed by atoms with Crippen molar-refractivity contribution < 1.29 is 4.74 Å². The number of rotatable bonds is 7. The zero-order chi connectivity index (χ0) is 11.1. The molecule has 4 nitrogen and oxygen atoms in total. The van der Waals surface area contributed by atoms with Crippen LogP contribution in [0.25, 0.3) is 0 Å². The predicted molar refractivity (Wildman–Crippen MR) is 66.1 cm³/mol. The first kappa shape index (κ1) is 12.6. The third kappa shape index (κ3) is 5.86. The fourth-order valence-electron chi connectivity index (χ4n) is 1.05. The Balaban J connectivity index is 2.00. The number of unbranched alkanes of at least 4 members (excludes halogenated alkanes) is 1. The molecule has 15 heavy (non-hydrogen) atoms. The van der Waals surface area contributed by atoms with E-state index in [1.54, 1.807) is 0 Å². The van der Waals surface area contributed by atoms with Crippen molar-refractivity contribution in [2.45, 2.75) is 32.8 Å². The van der Waals surface area contributed by atoms with Gasteiger partial charge < -0.3 is 10.1 Å². The molecule has 0 bridgehead atoms. The van der Waals surface area contributed by atoms with Gasteiger partial charge in [0, 0.05) is 13.2 Å². The summed E-state index contributed by atoms with van der Waals surface area (Å²) in [5.41, 5.74) is 0. The van der Waals surface area contributed by atoms with Crippen LogP contribution in [0.2, 0.25) is 0 Å². The zero-order valence-corrected chi connectivity index (χ0v) is 10.7. The Morgan fingerprint density at radius 2 is 2.33 bits per heavy atom. The van der Waals surface area contributed by atoms with Gasteiger partial charge in [0.05, 0.1) is 6.10 Å². The average Bonchev–Trinajstić information content (AvgIpc) is 2.57. The van der Waals surface area contributed by atoms with Crippen molar-refractivity contribution in [3.05, 3.63) is 3.95 Å². The van der Waals surface area contributed by atoms with Crippen LogP contribution < -0.4 is 5.32 Å². The molecule has 2 N–H and O–H groups in total. The van der Waals surface area contributed by atoms with E-state index >= 15 is 0 Å². The molecule has 0 saturated carbocycles. The monoisotopic (exact) mass is 247 g/mol. The minimum Gasteiger partial charge on any atom is -0.379 e. The molecule has 6 heteroatoms. The Morgan fingerprint density at radius 1 is 1.53 bits per heavy atom. The van der Waals surface area contributed by atoms with Gasteiger partial charge in [-0.1, -0.05) is 11.3 Å². The number of aromatic amines is 1. The van der Waals surface area contributed by atoms with Crippen LogP contribution in [0.3, 0.4) is 0 Å². The summed E-state index contributed by atoms with van der Waals surface area (Å²) in [4.78, 5) is 0. The van der Waals surface area contributed by atoms with Gasteiger partial charge in [0.25, 0.3) is 0 Å². The van der Waals surface area contributed by atoms with E-state index < -0.39 is 0 Å². The number of ether oxygens (including phenoxy) is 1. The average molecular weight is 247 g/mol. The topological polar surface area (TPSA) is 49.9 Å². The molecule has 1 aromatic heterocycles. The van der Waals surface area contributed by atoms with Gasteiger partial charge in [0.2, 0.25) is 5.13 Å². The molecular weight excluding hydrogens is 230 g/mol. The van der Waals surface area contributed by atoms with E-state index in [9.17, 15) is 0 Å². The Bertz CT molecular complexity index is 321. The third-order valence-electron chi connectivity index (χ3n) is 1.74. The smallest absolute Gasteiger partial charge is 0.204 e. The van der Waals surface area contributed by atoms with Crippen molar-refractivity contribution in [3.8, 4) is 0 Å². The lowest BCUT2D eigenvalue weighted by Gasteiger charge is -2.06. The van der Waals surface area contributed by atoms with Crippen molar-refractivity contribution in [3.63, 3.8) is 0 Å². The second-order valence-corrected chi connectivity index (χ2v) is 5.14. The minimum absolute atomic E-state index is 0.328. The van der Waals surface area contributed by atoms with Crippen molar-refractivity contribution in [2.75, 3.05) is 18.5 Å². The van der Waals surface area contributed by atoms with Crippen LogP contribution >= 0.6 is 23.6 Å². The number of hydrogen-bond donors (Lipinski definition) is 2. The zero-order valence-electron chi connectivity index (χ0n) is 9.08. The van der Waals surface area contributed by atoms with Gasteiger partial charge in [-0.15, -0.1) is 5.10 Å². The fourth-order valence-corrected chi connectivity index (χ4v) is 1.86. The summed E-state index contributed by atoms with van der Waals surface area (Å²) in [6.07, 6.45) is 2.48. The molecule has 0 aliphatic rings. The predicted octanol–water partition coefficient (Wildman–Crippen LogP) is 2.82. The van der Waals surface area contributed by atoms with Crippen LogP contribution in [-0.4, -0.2) is 29.5 Å². The molecule has 1 aromatic rings. The lowest BCUT2D eigenvalue weighted by atomic mass is 10.3. The van der Waals surface area contributed by atoms with Crippen molar-refractivity contribution >= 4 is 28.7 Å². The van der Waals surface area contributed by atoms with Crippen LogP contribution in [0.1, 0.15) is 26.7 Å². The number of hydrogen-bond acceptors (Lipinski definition) is 5. The molecule has 0 aliphatic heterocycles. The second-order valence-electron chi connectivity index (χ2n) is 3.47. The summed E-state index contributed by atoms with van der Waals surface area (Å²) in [5.74, 6) is 0. The number of anilines is 1. The van der Waals surface area contributed by atoms with Gasteiger partial charge in [-0.05, 0) is 38.9 Å². The van der Waals surface area contributed by atoms with Gasteiger partial charge in [0.1, 0.15) is 0 Å². The summed E-state index contributed by atoms with van der Waals surface area (Å²) >= 11 is 6.38. The van der Waals surface area contributed by atoms with Gasteiger partial charge in [-0.25, -0.2) is 0 Å². The van der Waals surface area contributed by atoms with Gasteiger partial charge in [-0.2, -0.15) is 0 Å². The third-order valence-corrected chi connectivity index (χ3v) is 2.78.